The molecule has 0 saturated heterocycles. The molecule has 0 fully saturated rings. The van der Waals surface area contributed by atoms with E-state index in [4.69, 9.17) is 10.2 Å². The van der Waals surface area contributed by atoms with Crippen LogP contribution in [0.3, 0.4) is 0 Å². The Kier molecular flexibility index (Phi) is 32.5. The minimum atomic E-state index is -0.745. The largest absolute Gasteiger partial charge is 1.00 e. The Labute approximate surface area is 96.2 Å². The normalized spacial score (nSPS) is 6.17. The molecule has 0 heterocycles. The molecule has 68 valence electrons. The van der Waals surface area contributed by atoms with Crippen LogP contribution in [0.15, 0.2) is 0 Å². The molecule has 0 spiro atoms. The molecule has 12 heavy (non-hydrogen) atoms. The Morgan fingerprint density at radius 3 is 1.08 bits per heavy atom. The van der Waals surface area contributed by atoms with E-state index >= 15 is 0 Å². The Balaban J connectivity index is -0.0000000457. The number of carboxylic acids is 2. The molecule has 0 amide bonds. The van der Waals surface area contributed by atoms with Gasteiger partial charge >= 0.3 is 41.5 Å². The first-order valence-corrected chi connectivity index (χ1v) is 2.98. The van der Waals surface area contributed by atoms with Gasteiger partial charge in [-0.05, 0) is 0 Å². The third-order valence-electron chi connectivity index (χ3n) is 0.605. The van der Waals surface area contributed by atoms with Gasteiger partial charge in [-0.15, -0.1) is 0 Å². The Morgan fingerprint density at radius 2 is 1.08 bits per heavy atom. The van der Waals surface area contributed by atoms with E-state index in [0.717, 1.165) is 0 Å². The second-order valence-corrected chi connectivity index (χ2v) is 1.49. The van der Waals surface area contributed by atoms with Gasteiger partial charge in [0, 0.05) is 12.8 Å². The standard InChI is InChI=1S/2C3H6O2.BH4.Na/c2*1-2-3(4)5;;/h2*2H2,1H3,(H,4,5);1H4;/q;;-1;+1. The molecule has 0 saturated carbocycles. The second-order valence-electron chi connectivity index (χ2n) is 1.49. The minimum absolute atomic E-state index is 0. The van der Waals surface area contributed by atoms with Gasteiger partial charge in [-0.2, -0.15) is 0 Å². The predicted molar refractivity (Wildman–Crippen MR) is 47.2 cm³/mol. The van der Waals surface area contributed by atoms with E-state index in [-0.39, 0.29) is 50.8 Å². The number of rotatable bonds is 2. The van der Waals surface area contributed by atoms with E-state index in [9.17, 15) is 9.59 Å². The first-order chi connectivity index (χ1) is 4.54. The van der Waals surface area contributed by atoms with Crippen LogP contribution < -0.4 is 29.6 Å². The van der Waals surface area contributed by atoms with Gasteiger partial charge in [0.1, 0.15) is 0 Å². The minimum Gasteiger partial charge on any atom is -0.481 e. The van der Waals surface area contributed by atoms with Gasteiger partial charge in [0.25, 0.3) is 0 Å². The fourth-order valence-corrected chi connectivity index (χ4v) is 0. The smallest absolute Gasteiger partial charge is 0.481 e. The van der Waals surface area contributed by atoms with E-state index in [1.807, 2.05) is 0 Å². The quantitative estimate of drug-likeness (QED) is 0.439. The Hall–Kier alpha value is 0.00494. The molecule has 0 aliphatic rings. The molecule has 0 unspecified atom stereocenters. The molecule has 0 aliphatic carbocycles. The monoisotopic (exact) mass is 186 g/mol. The van der Waals surface area contributed by atoms with E-state index in [0.29, 0.717) is 0 Å². The molecular weight excluding hydrogens is 170 g/mol. The Morgan fingerprint density at radius 1 is 1.00 bits per heavy atom. The molecule has 0 aliphatic heterocycles. The maximum absolute atomic E-state index is 9.37. The molecule has 0 radical (unpaired) electrons. The Bertz CT molecular complexity index is 104. The van der Waals surface area contributed by atoms with Crippen LogP contribution in [-0.2, 0) is 9.59 Å². The molecule has 4 nitrogen and oxygen atoms in total. The average Bonchev–Trinajstić information content (AvgIpc) is 1.89. The molecule has 0 aromatic carbocycles. The molecule has 0 aromatic rings. The molecule has 0 rings (SSSR count). The summed E-state index contributed by atoms with van der Waals surface area (Å²) in [6.45, 7) is 3.20. The fraction of sp³-hybridized carbons (Fsp3) is 0.667. The maximum atomic E-state index is 9.37. The van der Waals surface area contributed by atoms with Crippen molar-refractivity contribution >= 4 is 20.4 Å². The van der Waals surface area contributed by atoms with Gasteiger partial charge in [-0.1, -0.05) is 22.3 Å². The van der Waals surface area contributed by atoms with Crippen LogP contribution in [0.25, 0.3) is 0 Å². The van der Waals surface area contributed by atoms with Gasteiger partial charge in [-0.3, -0.25) is 9.59 Å². The van der Waals surface area contributed by atoms with Crippen molar-refractivity contribution in [2.24, 2.45) is 0 Å². The molecule has 0 bridgehead atoms. The van der Waals surface area contributed by atoms with Gasteiger partial charge in [0.15, 0.2) is 0 Å². The van der Waals surface area contributed by atoms with Crippen molar-refractivity contribution in [3.05, 3.63) is 0 Å². The molecular formula is C6H16BNaO4. The molecule has 0 aromatic heterocycles. The van der Waals surface area contributed by atoms with Crippen molar-refractivity contribution in [2.45, 2.75) is 26.7 Å². The van der Waals surface area contributed by atoms with E-state index < -0.39 is 11.9 Å². The van der Waals surface area contributed by atoms with E-state index in [1.165, 1.54) is 0 Å². The third kappa shape index (κ3) is 50.6. The summed E-state index contributed by atoms with van der Waals surface area (Å²) in [4.78, 5) is 18.7. The van der Waals surface area contributed by atoms with Crippen LogP contribution in [-0.4, -0.2) is 30.6 Å². The second kappa shape index (κ2) is 17.2. The van der Waals surface area contributed by atoms with Crippen molar-refractivity contribution in [2.75, 3.05) is 0 Å². The first kappa shape index (κ1) is 22.7. The summed E-state index contributed by atoms with van der Waals surface area (Å²) in [7, 11) is 0. The van der Waals surface area contributed by atoms with Crippen LogP contribution in [0.1, 0.15) is 26.7 Å². The van der Waals surface area contributed by atoms with Crippen LogP contribution in [0.2, 0.25) is 0 Å². The van der Waals surface area contributed by atoms with Crippen molar-refractivity contribution in [1.82, 2.24) is 0 Å². The summed E-state index contributed by atoms with van der Waals surface area (Å²) in [6, 6.07) is 0. The SMILES string of the molecule is CCC(=O)O.CCC(=O)O.[BH4-].[Na+]. The third-order valence-corrected chi connectivity index (χ3v) is 0.605. The van der Waals surface area contributed by atoms with Crippen molar-refractivity contribution in [3.8, 4) is 0 Å². The number of aliphatic carboxylic acids is 2. The zero-order valence-electron chi connectivity index (χ0n) is 7.13. The average molecular weight is 186 g/mol. The van der Waals surface area contributed by atoms with Gasteiger partial charge in [-0.25, -0.2) is 0 Å². The molecule has 0 atom stereocenters. The summed E-state index contributed by atoms with van der Waals surface area (Å²) in [5.74, 6) is -1.49. The van der Waals surface area contributed by atoms with Crippen LogP contribution >= 0.6 is 0 Å². The van der Waals surface area contributed by atoms with E-state index in [1.54, 1.807) is 13.8 Å². The summed E-state index contributed by atoms with van der Waals surface area (Å²) in [5.41, 5.74) is 0. The van der Waals surface area contributed by atoms with Crippen molar-refractivity contribution in [3.63, 3.8) is 0 Å². The van der Waals surface area contributed by atoms with Crippen LogP contribution in [0.5, 0.6) is 0 Å². The van der Waals surface area contributed by atoms with Gasteiger partial charge < -0.3 is 10.2 Å². The summed E-state index contributed by atoms with van der Waals surface area (Å²) >= 11 is 0. The summed E-state index contributed by atoms with van der Waals surface area (Å²) in [6.07, 6.45) is 0.444. The van der Waals surface area contributed by atoms with E-state index in [2.05, 4.69) is 0 Å². The fourth-order valence-electron chi connectivity index (χ4n) is 0. The predicted octanol–water partition coefficient (Wildman–Crippen LogP) is -3.49. The topological polar surface area (TPSA) is 74.6 Å². The van der Waals surface area contributed by atoms with Crippen LogP contribution in [0.4, 0.5) is 0 Å². The van der Waals surface area contributed by atoms with Gasteiger partial charge in [0.05, 0.1) is 0 Å². The number of hydrogen-bond acceptors (Lipinski definition) is 2. The van der Waals surface area contributed by atoms with Crippen molar-refractivity contribution in [1.29, 1.82) is 0 Å². The molecule has 6 heteroatoms. The van der Waals surface area contributed by atoms with Crippen LogP contribution in [0, 0.1) is 0 Å². The number of hydrogen-bond donors (Lipinski definition) is 2. The maximum Gasteiger partial charge on any atom is 1.00 e. The summed E-state index contributed by atoms with van der Waals surface area (Å²) in [5, 5.41) is 15.4. The van der Waals surface area contributed by atoms with Crippen molar-refractivity contribution < 1.29 is 49.4 Å². The number of carboxylic acid groups (broad SMARTS) is 2. The summed E-state index contributed by atoms with van der Waals surface area (Å²) < 4.78 is 0. The zero-order valence-corrected chi connectivity index (χ0v) is 9.13. The van der Waals surface area contributed by atoms with Gasteiger partial charge in [0.2, 0.25) is 0 Å². The molecule has 2 N–H and O–H groups in total. The first-order valence-electron chi connectivity index (χ1n) is 2.98. The number of carbonyl (C=O) groups is 2. The zero-order chi connectivity index (χ0) is 8.57.